The van der Waals surface area contributed by atoms with Crippen molar-refractivity contribution < 1.29 is 0 Å². The molecule has 0 atom stereocenters. The maximum atomic E-state index is 3.44. The van der Waals surface area contributed by atoms with E-state index >= 15 is 0 Å². The van der Waals surface area contributed by atoms with Crippen molar-refractivity contribution in [3.63, 3.8) is 0 Å². The Morgan fingerprint density at radius 3 is 3.27 bits per heavy atom. The van der Waals surface area contributed by atoms with Crippen LogP contribution in [0.1, 0.15) is 0 Å². The predicted molar refractivity (Wildman–Crippen MR) is 49.8 cm³/mol. The summed E-state index contributed by atoms with van der Waals surface area (Å²) in [5.41, 5.74) is 2.61. The Bertz CT molecular complexity index is 257. The normalized spacial score (nSPS) is 20.6. The first kappa shape index (κ1) is 7.47. The molecule has 4 heteroatoms. The van der Waals surface area contributed by atoms with Gasteiger partial charge in [-0.3, -0.25) is 0 Å². The van der Waals surface area contributed by atoms with Crippen LogP contribution in [-0.4, -0.2) is 24.6 Å². The summed E-state index contributed by atoms with van der Waals surface area (Å²) >= 11 is 3.82. The van der Waals surface area contributed by atoms with Gasteiger partial charge in [0, 0.05) is 0 Å². The van der Waals surface area contributed by atoms with Gasteiger partial charge in [-0.25, -0.2) is 0 Å². The number of hydrogen-bond acceptors (Lipinski definition) is 2. The molecule has 0 bridgehead atoms. The van der Waals surface area contributed by atoms with Gasteiger partial charge in [0.2, 0.25) is 0 Å². The van der Waals surface area contributed by atoms with Gasteiger partial charge in [0.25, 0.3) is 0 Å². The third kappa shape index (κ3) is 1.26. The Balaban J connectivity index is 2.33. The van der Waals surface area contributed by atoms with Gasteiger partial charge in [-0.05, 0) is 0 Å². The average molecular weight is 278 g/mol. The number of nitrogens with one attached hydrogen (secondary N) is 1. The van der Waals surface area contributed by atoms with Crippen LogP contribution in [0.5, 0.6) is 0 Å². The molecule has 0 aromatic carbocycles. The minimum absolute atomic E-state index is 0.375. The summed E-state index contributed by atoms with van der Waals surface area (Å²) in [6.45, 7) is 0. The van der Waals surface area contributed by atoms with Crippen molar-refractivity contribution in [3.8, 4) is 0 Å². The van der Waals surface area contributed by atoms with Crippen LogP contribution < -0.4 is 4.33 Å². The molecule has 0 unspecified atom stereocenters. The van der Waals surface area contributed by atoms with Crippen molar-refractivity contribution in [2.75, 3.05) is 5.33 Å². The molecule has 0 aliphatic carbocycles. The van der Waals surface area contributed by atoms with Gasteiger partial charge in [0.05, 0.1) is 0 Å². The molecule has 2 aliphatic heterocycles. The summed E-state index contributed by atoms with van der Waals surface area (Å²) in [5.74, 6) is 0. The van der Waals surface area contributed by atoms with E-state index in [9.17, 15) is 0 Å². The molecule has 0 aromatic heterocycles. The molecule has 2 nitrogen and oxygen atoms in total. The van der Waals surface area contributed by atoms with Crippen LogP contribution in [0.4, 0.5) is 0 Å². The predicted octanol–water partition coefficient (Wildman–Crippen LogP) is 1.12. The Hall–Kier alpha value is -0.181. The van der Waals surface area contributed by atoms with Gasteiger partial charge in [-0.2, -0.15) is 0 Å². The van der Waals surface area contributed by atoms with Gasteiger partial charge in [0.15, 0.2) is 0 Å². The number of nitrogens with zero attached hydrogens (tertiary/aromatic N) is 1. The Labute approximate surface area is 80.7 Å². The van der Waals surface area contributed by atoms with Gasteiger partial charge in [-0.15, -0.1) is 0 Å². The van der Waals surface area contributed by atoms with E-state index in [4.69, 9.17) is 0 Å². The zero-order valence-corrected chi connectivity index (χ0v) is 9.05. The second-order valence-electron chi connectivity index (χ2n) is 2.22. The summed E-state index contributed by atoms with van der Waals surface area (Å²) in [6.07, 6.45) is 8.37. The Morgan fingerprint density at radius 2 is 2.45 bits per heavy atom. The van der Waals surface area contributed by atoms with Gasteiger partial charge in [0.1, 0.15) is 0 Å². The fourth-order valence-corrected chi connectivity index (χ4v) is 3.49. The van der Waals surface area contributed by atoms with E-state index in [0.29, 0.717) is 15.4 Å². The van der Waals surface area contributed by atoms with E-state index in [1.165, 1.54) is 11.4 Å². The fraction of sp³-hybridized carbons (Fsp3) is 0.143. The van der Waals surface area contributed by atoms with Crippen molar-refractivity contribution in [2.45, 2.75) is 0 Å². The molecule has 0 saturated carbocycles. The second-order valence-corrected chi connectivity index (χ2v) is 4.41. The van der Waals surface area contributed by atoms with E-state index in [2.05, 4.69) is 48.6 Å². The molecular weight excluding hydrogens is 271 g/mol. The summed E-state index contributed by atoms with van der Waals surface area (Å²) in [6, 6.07) is 0. The van der Waals surface area contributed by atoms with Gasteiger partial charge < -0.3 is 0 Å². The van der Waals surface area contributed by atoms with E-state index in [1.54, 1.807) is 0 Å². The fourth-order valence-electron chi connectivity index (χ4n) is 0.994. The molecule has 58 valence electrons. The van der Waals surface area contributed by atoms with E-state index in [1.807, 2.05) is 0 Å². The molecule has 2 aliphatic rings. The van der Waals surface area contributed by atoms with Crippen molar-refractivity contribution in [1.29, 1.82) is 0 Å². The Kier molecular flexibility index (Phi) is 2.07. The minimum atomic E-state index is 0.375. The molecular formula is C7H7BrN2Se. The average Bonchev–Trinajstić information content (AvgIpc) is 2.47. The van der Waals surface area contributed by atoms with Gasteiger partial charge in [-0.1, -0.05) is 0 Å². The van der Waals surface area contributed by atoms with Crippen LogP contribution in [0.3, 0.4) is 0 Å². The summed E-state index contributed by atoms with van der Waals surface area (Å²) in [5, 5.41) is 0.915. The number of rotatable bonds is 1. The molecule has 1 N–H and O–H groups in total. The maximum absolute atomic E-state index is 3.44. The standard InChI is InChI=1S/C7H7BrN2Se/c8-5-6-7-3-1-2-4-10(7)11-9-6/h1-4,9H,5H2. The van der Waals surface area contributed by atoms with Crippen molar-refractivity contribution in [1.82, 2.24) is 8.25 Å². The molecule has 11 heavy (non-hydrogen) atoms. The zero-order valence-electron chi connectivity index (χ0n) is 5.75. The quantitative estimate of drug-likeness (QED) is 0.571. The van der Waals surface area contributed by atoms with Crippen LogP contribution >= 0.6 is 15.9 Å². The third-order valence-corrected chi connectivity index (χ3v) is 3.88. The van der Waals surface area contributed by atoms with E-state index in [0.717, 1.165) is 5.33 Å². The van der Waals surface area contributed by atoms with Crippen molar-refractivity contribution >= 4 is 31.3 Å². The number of alkyl halides is 1. The molecule has 0 fully saturated rings. The molecule has 0 spiro atoms. The van der Waals surface area contributed by atoms with Crippen molar-refractivity contribution in [2.24, 2.45) is 0 Å². The molecule has 2 rings (SSSR count). The van der Waals surface area contributed by atoms with Crippen LogP contribution in [0.25, 0.3) is 0 Å². The molecule has 0 radical (unpaired) electrons. The van der Waals surface area contributed by atoms with Crippen LogP contribution in [0, 0.1) is 0 Å². The van der Waals surface area contributed by atoms with Crippen molar-refractivity contribution in [3.05, 3.63) is 35.8 Å². The first-order chi connectivity index (χ1) is 5.42. The number of halogens is 1. The first-order valence-electron chi connectivity index (χ1n) is 3.28. The van der Waals surface area contributed by atoms with Crippen LogP contribution in [0.15, 0.2) is 35.8 Å². The van der Waals surface area contributed by atoms with Crippen LogP contribution in [-0.2, 0) is 0 Å². The third-order valence-electron chi connectivity index (χ3n) is 1.53. The molecule has 0 saturated heterocycles. The molecule has 0 amide bonds. The molecule has 0 aromatic rings. The monoisotopic (exact) mass is 278 g/mol. The number of allylic oxidation sites excluding steroid dienone is 4. The van der Waals surface area contributed by atoms with E-state index in [-0.39, 0.29) is 0 Å². The Morgan fingerprint density at radius 1 is 1.55 bits per heavy atom. The summed E-state index contributed by atoms with van der Waals surface area (Å²) in [4.78, 5) is 0. The topological polar surface area (TPSA) is 15.3 Å². The molecule has 2 heterocycles. The summed E-state index contributed by atoms with van der Waals surface area (Å²) < 4.78 is 5.62. The van der Waals surface area contributed by atoms with E-state index < -0.39 is 0 Å². The van der Waals surface area contributed by atoms with Gasteiger partial charge >= 0.3 is 80.7 Å². The second kappa shape index (κ2) is 3.05. The first-order valence-corrected chi connectivity index (χ1v) is 6.02. The number of hydrogen-bond donors (Lipinski definition) is 1. The summed E-state index contributed by atoms with van der Waals surface area (Å²) in [7, 11) is 0. The SMILES string of the molecule is BrCC1=C2C=CC=CN2[Se]N1. The number of fused-ring (bicyclic) bond motifs is 1. The van der Waals surface area contributed by atoms with Crippen LogP contribution in [0.2, 0.25) is 0 Å². The zero-order chi connectivity index (χ0) is 7.68.